The van der Waals surface area contributed by atoms with Crippen LogP contribution in [0.25, 0.3) is 0 Å². The first kappa shape index (κ1) is 21.7. The van der Waals surface area contributed by atoms with Crippen LogP contribution in [-0.2, 0) is 13.1 Å². The zero-order chi connectivity index (χ0) is 21.3. The monoisotopic (exact) mass is 434 g/mol. The maximum Gasteiger partial charge on any atom is 0.171 e. The van der Waals surface area contributed by atoms with Gasteiger partial charge in [-0.05, 0) is 72.7 Å². The predicted molar refractivity (Wildman–Crippen MR) is 135 cm³/mol. The van der Waals surface area contributed by atoms with Crippen molar-refractivity contribution < 1.29 is 0 Å². The molecule has 4 nitrogen and oxygen atoms in total. The third kappa shape index (κ3) is 6.54. The molecular formula is C24H26N4S2. The Kier molecular flexibility index (Phi) is 7.76. The van der Waals surface area contributed by atoms with E-state index in [2.05, 4.69) is 65.4 Å². The average molecular weight is 435 g/mol. The number of benzene rings is 3. The highest BCUT2D eigenvalue weighted by atomic mass is 32.1. The van der Waals surface area contributed by atoms with Crippen molar-refractivity contribution in [1.29, 1.82) is 0 Å². The van der Waals surface area contributed by atoms with Gasteiger partial charge in [0, 0.05) is 24.5 Å². The van der Waals surface area contributed by atoms with Crippen LogP contribution in [-0.4, -0.2) is 10.2 Å². The minimum Gasteiger partial charge on any atom is -0.358 e. The molecule has 0 aromatic heterocycles. The molecule has 154 valence electrons. The Balaban J connectivity index is 1.48. The molecule has 0 fully saturated rings. The average Bonchev–Trinajstić information content (AvgIpc) is 2.74. The van der Waals surface area contributed by atoms with Gasteiger partial charge in [-0.2, -0.15) is 0 Å². The summed E-state index contributed by atoms with van der Waals surface area (Å²) in [4.78, 5) is 0. The van der Waals surface area contributed by atoms with E-state index in [0.29, 0.717) is 23.3 Å². The van der Waals surface area contributed by atoms with Gasteiger partial charge < -0.3 is 21.3 Å². The Morgan fingerprint density at radius 1 is 0.633 bits per heavy atom. The van der Waals surface area contributed by atoms with Gasteiger partial charge in [-0.1, -0.05) is 60.7 Å². The lowest BCUT2D eigenvalue weighted by molar-refractivity contribution is 0.896. The second kappa shape index (κ2) is 10.7. The molecule has 30 heavy (non-hydrogen) atoms. The highest BCUT2D eigenvalue weighted by Crippen LogP contribution is 2.14. The van der Waals surface area contributed by atoms with Gasteiger partial charge in [-0.25, -0.2) is 0 Å². The number of hydrogen-bond acceptors (Lipinski definition) is 2. The van der Waals surface area contributed by atoms with Crippen LogP contribution in [0.3, 0.4) is 0 Å². The lowest BCUT2D eigenvalue weighted by Gasteiger charge is -2.14. The van der Waals surface area contributed by atoms with Gasteiger partial charge in [0.15, 0.2) is 10.2 Å². The normalized spacial score (nSPS) is 10.2. The molecule has 4 N–H and O–H groups in total. The Labute approximate surface area is 189 Å². The van der Waals surface area contributed by atoms with E-state index in [1.54, 1.807) is 0 Å². The van der Waals surface area contributed by atoms with Gasteiger partial charge in [0.2, 0.25) is 0 Å². The van der Waals surface area contributed by atoms with E-state index >= 15 is 0 Å². The van der Waals surface area contributed by atoms with E-state index in [4.69, 9.17) is 24.4 Å². The van der Waals surface area contributed by atoms with Crippen molar-refractivity contribution in [3.05, 3.63) is 95.1 Å². The molecule has 0 bridgehead atoms. The standard InChI is InChI=1S/C24H26N4S2/c1-17-8-3-5-12-21(17)27-23(29)25-15-19-10-7-11-20(14-19)16-26-24(30)28-22-13-6-4-9-18(22)2/h3-14H,15-16H2,1-2H3,(H2,25,27,29)(H2,26,28,30). The van der Waals surface area contributed by atoms with E-state index in [9.17, 15) is 0 Å². The Bertz CT molecular complexity index is 954. The fourth-order valence-corrected chi connectivity index (χ4v) is 3.34. The predicted octanol–water partition coefficient (Wildman–Crippen LogP) is 5.28. The summed E-state index contributed by atoms with van der Waals surface area (Å²) in [7, 11) is 0. The minimum atomic E-state index is 0.608. The Morgan fingerprint density at radius 3 is 1.50 bits per heavy atom. The zero-order valence-electron chi connectivity index (χ0n) is 17.2. The van der Waals surface area contributed by atoms with Gasteiger partial charge >= 0.3 is 0 Å². The maximum atomic E-state index is 5.43. The van der Waals surface area contributed by atoms with Crippen molar-refractivity contribution in [2.75, 3.05) is 10.6 Å². The summed E-state index contributed by atoms with van der Waals surface area (Å²) < 4.78 is 0. The molecule has 0 aliphatic heterocycles. The minimum absolute atomic E-state index is 0.608. The number of aryl methyl sites for hydroxylation is 2. The number of thiocarbonyl (C=S) groups is 2. The number of rotatable bonds is 6. The molecule has 0 aliphatic rings. The van der Waals surface area contributed by atoms with Gasteiger partial charge in [-0.3, -0.25) is 0 Å². The molecule has 3 aromatic carbocycles. The van der Waals surface area contributed by atoms with Crippen molar-refractivity contribution in [1.82, 2.24) is 10.6 Å². The van der Waals surface area contributed by atoms with E-state index in [1.165, 1.54) is 0 Å². The van der Waals surface area contributed by atoms with Crippen LogP contribution in [0.1, 0.15) is 22.3 Å². The van der Waals surface area contributed by atoms with E-state index in [1.807, 2.05) is 42.5 Å². The summed E-state index contributed by atoms with van der Waals surface area (Å²) in [5.74, 6) is 0. The van der Waals surface area contributed by atoms with E-state index < -0.39 is 0 Å². The van der Waals surface area contributed by atoms with E-state index in [0.717, 1.165) is 33.6 Å². The van der Waals surface area contributed by atoms with Crippen LogP contribution in [0.4, 0.5) is 11.4 Å². The zero-order valence-corrected chi connectivity index (χ0v) is 18.8. The topological polar surface area (TPSA) is 48.1 Å². The highest BCUT2D eigenvalue weighted by Gasteiger charge is 2.03. The molecule has 0 heterocycles. The molecule has 0 saturated carbocycles. The summed E-state index contributed by atoms with van der Waals surface area (Å²) in [6, 6.07) is 24.5. The fraction of sp³-hybridized carbons (Fsp3) is 0.167. The summed E-state index contributed by atoms with van der Waals surface area (Å²) in [5.41, 5.74) is 6.65. The number of nitrogens with one attached hydrogen (secondary N) is 4. The van der Waals surface area contributed by atoms with Crippen molar-refractivity contribution in [3.8, 4) is 0 Å². The first-order chi connectivity index (χ1) is 14.5. The fourth-order valence-electron chi connectivity index (χ4n) is 2.97. The van der Waals surface area contributed by atoms with Gasteiger partial charge in [0.25, 0.3) is 0 Å². The lowest BCUT2D eigenvalue weighted by atomic mass is 10.1. The number of para-hydroxylation sites is 2. The SMILES string of the molecule is Cc1ccccc1NC(=S)NCc1cccc(CNC(=S)Nc2ccccc2C)c1. The molecule has 3 aromatic rings. The second-order valence-corrected chi connectivity index (χ2v) is 7.88. The summed E-state index contributed by atoms with van der Waals surface area (Å²) in [6.07, 6.45) is 0. The largest absolute Gasteiger partial charge is 0.358 e. The molecule has 0 unspecified atom stereocenters. The van der Waals surface area contributed by atoms with Gasteiger partial charge in [-0.15, -0.1) is 0 Å². The Morgan fingerprint density at radius 2 is 1.07 bits per heavy atom. The molecule has 0 amide bonds. The second-order valence-electron chi connectivity index (χ2n) is 7.07. The van der Waals surface area contributed by atoms with Crippen LogP contribution in [0.2, 0.25) is 0 Å². The first-order valence-corrected chi connectivity index (χ1v) is 10.6. The molecule has 0 saturated heterocycles. The van der Waals surface area contributed by atoms with Crippen LogP contribution in [0.15, 0.2) is 72.8 Å². The maximum absolute atomic E-state index is 5.43. The Hall–Kier alpha value is -2.96. The van der Waals surface area contributed by atoms with Crippen LogP contribution in [0.5, 0.6) is 0 Å². The summed E-state index contributed by atoms with van der Waals surface area (Å²) >= 11 is 10.9. The summed E-state index contributed by atoms with van der Waals surface area (Å²) in [6.45, 7) is 5.41. The van der Waals surface area contributed by atoms with Crippen molar-refractivity contribution in [2.45, 2.75) is 26.9 Å². The molecule has 0 radical (unpaired) electrons. The van der Waals surface area contributed by atoms with Crippen molar-refractivity contribution >= 4 is 46.0 Å². The van der Waals surface area contributed by atoms with E-state index in [-0.39, 0.29) is 0 Å². The van der Waals surface area contributed by atoms with Crippen LogP contribution < -0.4 is 21.3 Å². The molecule has 6 heteroatoms. The molecule has 0 aliphatic carbocycles. The molecular weight excluding hydrogens is 408 g/mol. The quantitative estimate of drug-likeness (QED) is 0.396. The number of hydrogen-bond donors (Lipinski definition) is 4. The van der Waals surface area contributed by atoms with Crippen molar-refractivity contribution in [2.24, 2.45) is 0 Å². The first-order valence-electron chi connectivity index (χ1n) is 9.80. The van der Waals surface area contributed by atoms with Crippen LogP contribution >= 0.6 is 24.4 Å². The lowest BCUT2D eigenvalue weighted by Crippen LogP contribution is -2.29. The third-order valence-electron chi connectivity index (χ3n) is 4.68. The van der Waals surface area contributed by atoms with Crippen molar-refractivity contribution in [3.63, 3.8) is 0 Å². The third-order valence-corrected chi connectivity index (χ3v) is 5.18. The van der Waals surface area contributed by atoms with Gasteiger partial charge in [0.05, 0.1) is 0 Å². The van der Waals surface area contributed by atoms with Gasteiger partial charge in [0.1, 0.15) is 0 Å². The molecule has 0 spiro atoms. The number of anilines is 2. The smallest absolute Gasteiger partial charge is 0.171 e. The van der Waals surface area contributed by atoms with Crippen LogP contribution in [0, 0.1) is 13.8 Å². The molecule has 3 rings (SSSR count). The highest BCUT2D eigenvalue weighted by molar-refractivity contribution is 7.80. The summed E-state index contributed by atoms with van der Waals surface area (Å²) in [5, 5.41) is 14.2. The molecule has 0 atom stereocenters.